The molecule has 0 saturated carbocycles. The van der Waals surface area contributed by atoms with Crippen LogP contribution < -0.4 is 34.5 Å². The van der Waals surface area contributed by atoms with E-state index in [2.05, 4.69) is 10.6 Å². The Morgan fingerprint density at radius 2 is 1.61 bits per heavy atom. The highest BCUT2D eigenvalue weighted by atomic mass is 16.5. The maximum atomic E-state index is 13.5. The van der Waals surface area contributed by atoms with Crippen LogP contribution in [0.2, 0.25) is 0 Å². The van der Waals surface area contributed by atoms with Gasteiger partial charge in [0.15, 0.2) is 29.6 Å². The third-order valence-corrected chi connectivity index (χ3v) is 6.70. The van der Waals surface area contributed by atoms with Crippen molar-refractivity contribution in [2.75, 3.05) is 37.1 Å². The first kappa shape index (κ1) is 31.6. The second-order valence-electron chi connectivity index (χ2n) is 9.92. The van der Waals surface area contributed by atoms with Crippen molar-refractivity contribution >= 4 is 41.2 Å². The van der Waals surface area contributed by atoms with E-state index in [1.165, 1.54) is 19.3 Å². The number of barbiturate groups is 1. The Morgan fingerprint density at radius 1 is 0.864 bits per heavy atom. The molecule has 4 rings (SSSR count). The van der Waals surface area contributed by atoms with Crippen molar-refractivity contribution in [2.24, 2.45) is 0 Å². The molecule has 5 amide bonds. The van der Waals surface area contributed by atoms with Gasteiger partial charge < -0.3 is 24.3 Å². The van der Waals surface area contributed by atoms with E-state index >= 15 is 0 Å². The van der Waals surface area contributed by atoms with Gasteiger partial charge >= 0.3 is 6.03 Å². The van der Waals surface area contributed by atoms with Crippen LogP contribution >= 0.6 is 0 Å². The standard InChI is InChI=1S/C33H35N3O8/c1-6-14-43-27-13-11-24(18-29(27)42-7-2)36-32(39)25(31(38)35-33(36)40)16-22-9-12-26(28(17-22)41-5)44-19-30(37)34-23-10-8-20(3)21(4)15-23/h8-13,15-18H,6-7,14,19H2,1-5H3,(H,34,37)(H,35,38,40)/b25-16+. The summed E-state index contributed by atoms with van der Waals surface area (Å²) in [5, 5.41) is 5.01. The first-order valence-electron chi connectivity index (χ1n) is 14.1. The number of ether oxygens (including phenoxy) is 4. The van der Waals surface area contributed by atoms with E-state index in [0.717, 1.165) is 22.4 Å². The predicted octanol–water partition coefficient (Wildman–Crippen LogP) is 5.18. The number of nitrogens with zero attached hydrogens (tertiary/aromatic N) is 1. The molecular formula is C33H35N3O8. The summed E-state index contributed by atoms with van der Waals surface area (Å²) in [5.74, 6) is -0.602. The van der Waals surface area contributed by atoms with Gasteiger partial charge in [-0.25, -0.2) is 9.69 Å². The molecule has 3 aromatic rings. The summed E-state index contributed by atoms with van der Waals surface area (Å²) in [5.41, 5.74) is 3.20. The van der Waals surface area contributed by atoms with Crippen molar-refractivity contribution in [1.82, 2.24) is 5.32 Å². The van der Waals surface area contributed by atoms with Gasteiger partial charge in [0.1, 0.15) is 5.57 Å². The number of benzene rings is 3. The second-order valence-corrected chi connectivity index (χ2v) is 9.92. The smallest absolute Gasteiger partial charge is 0.335 e. The average Bonchev–Trinajstić information content (AvgIpc) is 3.00. The van der Waals surface area contributed by atoms with Crippen molar-refractivity contribution in [3.05, 3.63) is 76.9 Å². The Kier molecular flexibility index (Phi) is 10.2. The summed E-state index contributed by atoms with van der Waals surface area (Å²) >= 11 is 0. The maximum absolute atomic E-state index is 13.5. The van der Waals surface area contributed by atoms with Crippen LogP contribution in [0, 0.1) is 13.8 Å². The van der Waals surface area contributed by atoms with Gasteiger partial charge in [-0.1, -0.05) is 19.1 Å². The normalized spacial score (nSPS) is 13.9. The largest absolute Gasteiger partial charge is 0.493 e. The van der Waals surface area contributed by atoms with Crippen LogP contribution in [-0.2, 0) is 14.4 Å². The van der Waals surface area contributed by atoms with Gasteiger partial charge in [-0.2, -0.15) is 0 Å². The van der Waals surface area contributed by atoms with Gasteiger partial charge in [0.05, 0.1) is 26.0 Å². The molecule has 230 valence electrons. The zero-order valence-corrected chi connectivity index (χ0v) is 25.3. The average molecular weight is 602 g/mol. The van der Waals surface area contributed by atoms with E-state index in [1.807, 2.05) is 39.0 Å². The van der Waals surface area contributed by atoms with Crippen molar-refractivity contribution in [3.8, 4) is 23.0 Å². The highest BCUT2D eigenvalue weighted by molar-refractivity contribution is 6.39. The molecule has 0 unspecified atom stereocenters. The molecule has 0 aliphatic carbocycles. The topological polar surface area (TPSA) is 132 Å². The fourth-order valence-corrected chi connectivity index (χ4v) is 4.35. The van der Waals surface area contributed by atoms with Crippen LogP contribution in [-0.4, -0.2) is 50.7 Å². The third kappa shape index (κ3) is 7.35. The molecule has 1 fully saturated rings. The predicted molar refractivity (Wildman–Crippen MR) is 165 cm³/mol. The molecule has 1 heterocycles. The first-order chi connectivity index (χ1) is 21.1. The van der Waals surface area contributed by atoms with Crippen LogP contribution in [0.5, 0.6) is 23.0 Å². The molecular weight excluding hydrogens is 566 g/mol. The summed E-state index contributed by atoms with van der Waals surface area (Å²) in [6.07, 6.45) is 2.13. The van der Waals surface area contributed by atoms with E-state index in [9.17, 15) is 19.2 Å². The van der Waals surface area contributed by atoms with Crippen molar-refractivity contribution in [1.29, 1.82) is 0 Å². The number of urea groups is 1. The number of methoxy groups -OCH3 is 1. The summed E-state index contributed by atoms with van der Waals surface area (Å²) in [7, 11) is 1.43. The number of hydrogen-bond donors (Lipinski definition) is 2. The Balaban J connectivity index is 1.52. The number of amides is 5. The number of hydrogen-bond acceptors (Lipinski definition) is 8. The number of carbonyl (C=O) groups excluding carboxylic acids is 4. The molecule has 0 bridgehead atoms. The SMILES string of the molecule is CCCOc1ccc(N2C(=O)NC(=O)/C(=C\c3ccc(OCC(=O)Nc4ccc(C)c(C)c4)c(OC)c3)C2=O)cc1OCC. The number of rotatable bonds is 12. The molecule has 1 saturated heterocycles. The maximum Gasteiger partial charge on any atom is 0.335 e. The molecule has 3 aromatic carbocycles. The lowest BCUT2D eigenvalue weighted by molar-refractivity contribution is -0.122. The van der Waals surface area contributed by atoms with Crippen molar-refractivity contribution < 1.29 is 38.1 Å². The molecule has 0 spiro atoms. The van der Waals surface area contributed by atoms with Gasteiger partial charge in [0, 0.05) is 11.8 Å². The second kappa shape index (κ2) is 14.2. The summed E-state index contributed by atoms with van der Waals surface area (Å²) in [6.45, 7) is 8.27. The van der Waals surface area contributed by atoms with E-state index in [1.54, 1.807) is 37.3 Å². The van der Waals surface area contributed by atoms with Crippen LogP contribution in [0.3, 0.4) is 0 Å². The van der Waals surface area contributed by atoms with Gasteiger partial charge in [-0.3, -0.25) is 19.7 Å². The number of carbonyl (C=O) groups is 4. The molecule has 2 N–H and O–H groups in total. The summed E-state index contributed by atoms with van der Waals surface area (Å²) in [4.78, 5) is 52.3. The molecule has 1 aliphatic heterocycles. The van der Waals surface area contributed by atoms with E-state index in [-0.39, 0.29) is 35.3 Å². The number of imide groups is 2. The minimum atomic E-state index is -0.887. The van der Waals surface area contributed by atoms with Crippen LogP contribution in [0.1, 0.15) is 37.0 Å². The van der Waals surface area contributed by atoms with E-state index in [0.29, 0.717) is 36.0 Å². The molecule has 44 heavy (non-hydrogen) atoms. The minimum absolute atomic E-state index is 0.207. The Bertz CT molecular complexity index is 1610. The fraction of sp³-hybridized carbons (Fsp3) is 0.273. The van der Waals surface area contributed by atoms with Gasteiger partial charge in [-0.15, -0.1) is 0 Å². The zero-order chi connectivity index (χ0) is 31.8. The molecule has 1 aliphatic rings. The highest BCUT2D eigenvalue weighted by Gasteiger charge is 2.37. The molecule has 11 nitrogen and oxygen atoms in total. The fourth-order valence-electron chi connectivity index (χ4n) is 4.35. The Morgan fingerprint density at radius 3 is 2.32 bits per heavy atom. The van der Waals surface area contributed by atoms with Crippen molar-refractivity contribution in [2.45, 2.75) is 34.1 Å². The number of anilines is 2. The molecule has 0 atom stereocenters. The lowest BCUT2D eigenvalue weighted by atomic mass is 10.1. The quantitative estimate of drug-likeness (QED) is 0.214. The lowest BCUT2D eigenvalue weighted by Gasteiger charge is -2.27. The number of nitrogens with one attached hydrogen (secondary N) is 2. The minimum Gasteiger partial charge on any atom is -0.493 e. The van der Waals surface area contributed by atoms with Crippen molar-refractivity contribution in [3.63, 3.8) is 0 Å². The Hall–Kier alpha value is -5.32. The third-order valence-electron chi connectivity index (χ3n) is 6.70. The Labute approximate surface area is 255 Å². The van der Waals surface area contributed by atoms with Crippen LogP contribution in [0.4, 0.5) is 16.2 Å². The monoisotopic (exact) mass is 601 g/mol. The molecule has 0 radical (unpaired) electrons. The van der Waals surface area contributed by atoms with E-state index < -0.39 is 17.8 Å². The molecule has 11 heteroatoms. The highest BCUT2D eigenvalue weighted by Crippen LogP contribution is 2.34. The van der Waals surface area contributed by atoms with Gasteiger partial charge in [0.25, 0.3) is 17.7 Å². The summed E-state index contributed by atoms with van der Waals surface area (Å²) < 4.78 is 22.5. The van der Waals surface area contributed by atoms with Gasteiger partial charge in [0.2, 0.25) is 0 Å². The van der Waals surface area contributed by atoms with Crippen LogP contribution in [0.25, 0.3) is 6.08 Å². The molecule has 0 aromatic heterocycles. The van der Waals surface area contributed by atoms with E-state index in [4.69, 9.17) is 18.9 Å². The van der Waals surface area contributed by atoms with Crippen LogP contribution in [0.15, 0.2) is 60.2 Å². The lowest BCUT2D eigenvalue weighted by Crippen LogP contribution is -2.54. The number of aryl methyl sites for hydroxylation is 2. The first-order valence-corrected chi connectivity index (χ1v) is 14.1. The summed E-state index contributed by atoms with van der Waals surface area (Å²) in [6, 6.07) is 14.1. The zero-order valence-electron chi connectivity index (χ0n) is 25.3. The van der Waals surface area contributed by atoms with Gasteiger partial charge in [-0.05, 0) is 86.4 Å².